The summed E-state index contributed by atoms with van der Waals surface area (Å²) in [5, 5.41) is 9.74. The Morgan fingerprint density at radius 1 is 1.24 bits per heavy atom. The highest BCUT2D eigenvalue weighted by molar-refractivity contribution is 8.00. The largest absolute Gasteiger partial charge is 0.384 e. The van der Waals surface area contributed by atoms with Crippen molar-refractivity contribution < 1.29 is 0 Å². The minimum atomic E-state index is 0.459. The maximum atomic E-state index is 9.21. The molecule has 0 spiro atoms. The molecule has 124 valence electrons. The van der Waals surface area contributed by atoms with E-state index in [-0.39, 0.29) is 0 Å². The Bertz CT molecular complexity index is 968. The van der Waals surface area contributed by atoms with Crippen molar-refractivity contribution in [3.8, 4) is 17.3 Å². The van der Waals surface area contributed by atoms with Crippen LogP contribution < -0.4 is 10.5 Å². The molecule has 5 nitrogen and oxygen atoms in total. The van der Waals surface area contributed by atoms with Gasteiger partial charge in [-0.3, -0.25) is 0 Å². The first kappa shape index (κ1) is 17.1. The van der Waals surface area contributed by atoms with Gasteiger partial charge < -0.3 is 10.5 Å². The van der Waals surface area contributed by atoms with Crippen molar-refractivity contribution in [1.82, 2.24) is 9.97 Å². The van der Waals surface area contributed by atoms with Crippen molar-refractivity contribution in [3.63, 3.8) is 0 Å². The lowest BCUT2D eigenvalue weighted by Gasteiger charge is -2.11. The van der Waals surface area contributed by atoms with Crippen molar-refractivity contribution in [2.24, 2.45) is 0 Å². The Morgan fingerprint density at radius 3 is 2.84 bits per heavy atom. The van der Waals surface area contributed by atoms with Gasteiger partial charge in [-0.25, -0.2) is 9.97 Å². The molecule has 0 radical (unpaired) electrons. The lowest BCUT2D eigenvalue weighted by atomic mass is 10.0. The van der Waals surface area contributed by atoms with Gasteiger partial charge in [-0.05, 0) is 54.8 Å². The van der Waals surface area contributed by atoms with Crippen LogP contribution in [0.2, 0.25) is 5.02 Å². The summed E-state index contributed by atoms with van der Waals surface area (Å²) in [7, 11) is 0. The van der Waals surface area contributed by atoms with Crippen LogP contribution in [0.5, 0.6) is 0 Å². The number of hydrogen-bond donors (Lipinski definition) is 2. The summed E-state index contributed by atoms with van der Waals surface area (Å²) in [6, 6.07) is 14.9. The van der Waals surface area contributed by atoms with Crippen molar-refractivity contribution in [2.45, 2.75) is 11.8 Å². The number of nitrogens with one attached hydrogen (secondary N) is 1. The van der Waals surface area contributed by atoms with Crippen LogP contribution in [0.4, 0.5) is 11.6 Å². The molecule has 1 aromatic carbocycles. The summed E-state index contributed by atoms with van der Waals surface area (Å²) in [5.41, 5.74) is 8.61. The first-order chi connectivity index (χ1) is 12.1. The van der Waals surface area contributed by atoms with Crippen LogP contribution in [0.1, 0.15) is 11.1 Å². The zero-order chi connectivity index (χ0) is 17.8. The molecule has 2 heterocycles. The number of nitriles is 1. The number of pyridine rings is 2. The van der Waals surface area contributed by atoms with Crippen molar-refractivity contribution >= 4 is 35.2 Å². The highest BCUT2D eigenvalue weighted by atomic mass is 35.5. The van der Waals surface area contributed by atoms with Crippen LogP contribution in [0.25, 0.3) is 11.3 Å². The Labute approximate surface area is 155 Å². The fourth-order valence-electron chi connectivity index (χ4n) is 2.30. The molecule has 0 bridgehead atoms. The normalized spacial score (nSPS) is 10.3. The molecule has 0 fully saturated rings. The van der Waals surface area contributed by atoms with E-state index in [0.717, 1.165) is 16.0 Å². The molecule has 3 aromatic rings. The van der Waals surface area contributed by atoms with Crippen LogP contribution in [-0.2, 0) is 0 Å². The van der Waals surface area contributed by atoms with E-state index in [2.05, 4.69) is 20.8 Å². The van der Waals surface area contributed by atoms with Crippen LogP contribution in [0.15, 0.2) is 53.6 Å². The summed E-state index contributed by atoms with van der Waals surface area (Å²) < 4.78 is 3.17. The first-order valence-corrected chi connectivity index (χ1v) is 8.59. The third-order valence-corrected chi connectivity index (χ3v) is 4.69. The molecule has 0 saturated carbocycles. The molecule has 3 N–H and O–H groups in total. The van der Waals surface area contributed by atoms with Crippen LogP contribution in [0.3, 0.4) is 0 Å². The molecule has 0 aliphatic rings. The SMILES string of the molecule is Cc1c(C#N)cccc1-c1nc(NSc2ccnc(N)c2)ccc1Cl. The molecule has 0 aliphatic heterocycles. The third-order valence-electron chi connectivity index (χ3n) is 3.58. The average Bonchev–Trinajstić information content (AvgIpc) is 2.61. The van der Waals surface area contributed by atoms with E-state index in [1.165, 1.54) is 11.9 Å². The molecule has 0 aliphatic carbocycles. The predicted octanol–water partition coefficient (Wildman–Crippen LogP) is 4.68. The number of halogens is 1. The summed E-state index contributed by atoms with van der Waals surface area (Å²) in [6.07, 6.45) is 1.65. The first-order valence-electron chi connectivity index (χ1n) is 7.39. The Kier molecular flexibility index (Phi) is 5.08. The number of benzene rings is 1. The van der Waals surface area contributed by atoms with Gasteiger partial charge in [0.05, 0.1) is 22.3 Å². The summed E-state index contributed by atoms with van der Waals surface area (Å²) >= 11 is 7.71. The van der Waals surface area contributed by atoms with Gasteiger partial charge in [0, 0.05) is 16.7 Å². The summed E-state index contributed by atoms with van der Waals surface area (Å²) in [6.45, 7) is 1.89. The van der Waals surface area contributed by atoms with Gasteiger partial charge in [-0.1, -0.05) is 23.7 Å². The molecule has 0 atom stereocenters. The molecule has 0 saturated heterocycles. The monoisotopic (exact) mass is 367 g/mol. The maximum Gasteiger partial charge on any atom is 0.136 e. The van der Waals surface area contributed by atoms with Gasteiger partial charge in [0.2, 0.25) is 0 Å². The zero-order valence-corrected chi connectivity index (χ0v) is 14.9. The average molecular weight is 368 g/mol. The lowest BCUT2D eigenvalue weighted by molar-refractivity contribution is 1.27. The molecule has 2 aromatic heterocycles. The topological polar surface area (TPSA) is 87.6 Å². The molecule has 25 heavy (non-hydrogen) atoms. The molecular weight excluding hydrogens is 354 g/mol. The second-order valence-electron chi connectivity index (χ2n) is 5.24. The Hall–Kier alpha value is -2.75. The zero-order valence-electron chi connectivity index (χ0n) is 13.3. The van der Waals surface area contributed by atoms with Crippen LogP contribution in [-0.4, -0.2) is 9.97 Å². The van der Waals surface area contributed by atoms with Crippen LogP contribution in [0, 0.1) is 18.3 Å². The molecule has 3 rings (SSSR count). The minimum absolute atomic E-state index is 0.459. The highest BCUT2D eigenvalue weighted by Crippen LogP contribution is 2.32. The maximum absolute atomic E-state index is 9.21. The predicted molar refractivity (Wildman–Crippen MR) is 102 cm³/mol. The van der Waals surface area contributed by atoms with E-state index in [1.54, 1.807) is 30.5 Å². The smallest absolute Gasteiger partial charge is 0.136 e. The van der Waals surface area contributed by atoms with E-state index in [4.69, 9.17) is 17.3 Å². The fraction of sp³-hybridized carbons (Fsp3) is 0.0556. The van der Waals surface area contributed by atoms with Gasteiger partial charge in [0.1, 0.15) is 11.6 Å². The lowest BCUT2D eigenvalue weighted by Crippen LogP contribution is -1.96. The van der Waals surface area contributed by atoms with Gasteiger partial charge >= 0.3 is 0 Å². The van der Waals surface area contributed by atoms with Crippen molar-refractivity contribution in [1.29, 1.82) is 5.26 Å². The van der Waals surface area contributed by atoms with E-state index < -0.39 is 0 Å². The van der Waals surface area contributed by atoms with Gasteiger partial charge in [0.25, 0.3) is 0 Å². The fourth-order valence-corrected chi connectivity index (χ4v) is 3.16. The molecular formula is C18H14ClN5S. The number of hydrogen-bond acceptors (Lipinski definition) is 6. The van der Waals surface area contributed by atoms with Crippen LogP contribution >= 0.6 is 23.5 Å². The minimum Gasteiger partial charge on any atom is -0.384 e. The van der Waals surface area contributed by atoms with Gasteiger partial charge in [-0.15, -0.1) is 0 Å². The van der Waals surface area contributed by atoms with E-state index in [1.807, 2.05) is 25.1 Å². The standard InChI is InChI=1S/C18H14ClN5S/c1-11-12(10-20)3-2-4-14(11)18-15(19)5-6-17(23-18)24-25-13-7-8-22-16(21)9-13/h2-9H,1H3,(H2,21,22)(H,23,24). The molecule has 0 amide bonds. The summed E-state index contributed by atoms with van der Waals surface area (Å²) in [4.78, 5) is 9.48. The second-order valence-corrected chi connectivity index (χ2v) is 6.52. The number of nitrogen functional groups attached to an aromatic ring is 1. The van der Waals surface area contributed by atoms with Crippen molar-refractivity contribution in [3.05, 3.63) is 64.8 Å². The summed E-state index contributed by atoms with van der Waals surface area (Å²) in [5.74, 6) is 1.11. The Morgan fingerprint density at radius 2 is 2.08 bits per heavy atom. The van der Waals surface area contributed by atoms with Gasteiger partial charge in [-0.2, -0.15) is 5.26 Å². The van der Waals surface area contributed by atoms with Gasteiger partial charge in [0.15, 0.2) is 0 Å². The number of anilines is 2. The Balaban J connectivity index is 1.90. The third kappa shape index (κ3) is 3.85. The number of nitrogens with two attached hydrogens (primary N) is 1. The van der Waals surface area contributed by atoms with E-state index in [0.29, 0.717) is 27.9 Å². The van der Waals surface area contributed by atoms with E-state index in [9.17, 15) is 5.26 Å². The van der Waals surface area contributed by atoms with E-state index >= 15 is 0 Å². The molecule has 7 heteroatoms. The van der Waals surface area contributed by atoms with Crippen molar-refractivity contribution in [2.75, 3.05) is 10.5 Å². The second kappa shape index (κ2) is 7.43. The quantitative estimate of drug-likeness (QED) is 0.651. The number of nitrogens with zero attached hydrogens (tertiary/aromatic N) is 3. The number of aromatic nitrogens is 2. The molecule has 0 unspecified atom stereocenters. The number of rotatable bonds is 4. The highest BCUT2D eigenvalue weighted by Gasteiger charge is 2.12.